The number of carbonyl (C=O) groups is 1. The van der Waals surface area contributed by atoms with Crippen LogP contribution in [0.5, 0.6) is 0 Å². The van der Waals surface area contributed by atoms with Crippen molar-refractivity contribution in [1.29, 1.82) is 0 Å². The lowest BCUT2D eigenvalue weighted by Gasteiger charge is -2.29. The number of anilines is 1. The minimum absolute atomic E-state index is 0.00371. The summed E-state index contributed by atoms with van der Waals surface area (Å²) >= 11 is 0. The van der Waals surface area contributed by atoms with Crippen molar-refractivity contribution in [3.63, 3.8) is 0 Å². The van der Waals surface area contributed by atoms with E-state index in [0.29, 0.717) is 26.1 Å². The number of aryl methyl sites for hydroxylation is 1. The van der Waals surface area contributed by atoms with E-state index in [-0.39, 0.29) is 11.7 Å². The Hall–Kier alpha value is -2.48. The first-order chi connectivity index (χ1) is 11.9. The summed E-state index contributed by atoms with van der Waals surface area (Å²) in [5.74, 6) is -0.157. The van der Waals surface area contributed by atoms with Crippen molar-refractivity contribution in [3.8, 4) is 0 Å². The Kier molecular flexibility index (Phi) is 4.98. The van der Waals surface area contributed by atoms with Gasteiger partial charge in [-0.1, -0.05) is 0 Å². The van der Waals surface area contributed by atoms with E-state index in [4.69, 9.17) is 5.11 Å². The second kappa shape index (κ2) is 7.18. The molecule has 0 radical (unpaired) electrons. The number of likely N-dealkylation sites (N-methyl/N-ethyl adjacent to an activating group) is 1. The van der Waals surface area contributed by atoms with E-state index in [0.717, 1.165) is 11.5 Å². The lowest BCUT2D eigenvalue weighted by molar-refractivity contribution is 0.0690. The fourth-order valence-electron chi connectivity index (χ4n) is 3.23. The van der Waals surface area contributed by atoms with Gasteiger partial charge in [0.05, 0.1) is 6.54 Å². The van der Waals surface area contributed by atoms with Gasteiger partial charge in [0.2, 0.25) is 0 Å². The quantitative estimate of drug-likeness (QED) is 0.855. The Labute approximate surface area is 145 Å². The number of carboxylic acids is 1. The largest absolute Gasteiger partial charge is 0.477 e. The molecule has 2 aromatic heterocycles. The number of halogens is 1. The van der Waals surface area contributed by atoms with E-state index in [1.54, 1.807) is 12.3 Å². The fourth-order valence-corrected chi connectivity index (χ4v) is 3.23. The first kappa shape index (κ1) is 17.3. The molecule has 1 N–H and O–H groups in total. The number of aromatic nitrogens is 3. The van der Waals surface area contributed by atoms with E-state index in [1.807, 2.05) is 29.8 Å². The van der Waals surface area contributed by atoms with Gasteiger partial charge in [0.1, 0.15) is 17.7 Å². The van der Waals surface area contributed by atoms with Crippen LogP contribution in [0.2, 0.25) is 0 Å². The molecule has 3 rings (SSSR count). The van der Waals surface area contributed by atoms with E-state index in [2.05, 4.69) is 14.9 Å². The molecule has 1 aliphatic heterocycles. The lowest BCUT2D eigenvalue weighted by atomic mass is 10.2. The van der Waals surface area contributed by atoms with Crippen LogP contribution in [0.15, 0.2) is 30.7 Å². The minimum Gasteiger partial charge on any atom is -0.477 e. The topological polar surface area (TPSA) is 74.5 Å². The molecular formula is C17H22FN5O2. The summed E-state index contributed by atoms with van der Waals surface area (Å²) in [6.45, 7) is 1.59. The molecule has 0 unspecified atom stereocenters. The highest BCUT2D eigenvalue weighted by Crippen LogP contribution is 2.24. The number of alkyl halides is 1. The van der Waals surface area contributed by atoms with Crippen molar-refractivity contribution in [3.05, 3.63) is 42.2 Å². The van der Waals surface area contributed by atoms with Crippen LogP contribution in [-0.4, -0.2) is 62.9 Å². The third-order valence-electron chi connectivity index (χ3n) is 4.63. The van der Waals surface area contributed by atoms with Crippen molar-refractivity contribution < 1.29 is 14.3 Å². The first-order valence-corrected chi connectivity index (χ1v) is 8.19. The van der Waals surface area contributed by atoms with Gasteiger partial charge in [0.25, 0.3) is 0 Å². The van der Waals surface area contributed by atoms with Crippen molar-refractivity contribution in [1.82, 2.24) is 19.4 Å². The van der Waals surface area contributed by atoms with Crippen LogP contribution in [0.3, 0.4) is 0 Å². The SMILES string of the molecule is CN(C[C@@H]1C[C@H](F)CN1Cc1nccn1C)c1ccnc(C(=O)O)c1. The van der Waals surface area contributed by atoms with Gasteiger partial charge >= 0.3 is 5.97 Å². The summed E-state index contributed by atoms with van der Waals surface area (Å²) in [5.41, 5.74) is 0.760. The monoisotopic (exact) mass is 347 g/mol. The second-order valence-electron chi connectivity index (χ2n) is 6.46. The van der Waals surface area contributed by atoms with Crippen LogP contribution in [0.4, 0.5) is 10.1 Å². The number of nitrogens with zero attached hydrogens (tertiary/aromatic N) is 5. The van der Waals surface area contributed by atoms with Gasteiger partial charge in [-0.3, -0.25) is 4.90 Å². The Morgan fingerprint density at radius 1 is 1.44 bits per heavy atom. The molecule has 8 heteroatoms. The molecule has 134 valence electrons. The van der Waals surface area contributed by atoms with E-state index < -0.39 is 12.1 Å². The maximum atomic E-state index is 14.0. The standard InChI is InChI=1S/C17H22FN5O2/c1-21-6-5-20-16(21)11-23-9-12(18)7-14(23)10-22(2)13-3-4-19-15(8-13)17(24)25/h3-6,8,12,14H,7,9-11H2,1-2H3,(H,24,25)/t12-,14-/m0/s1. The molecule has 1 fully saturated rings. The average Bonchev–Trinajstić information content (AvgIpc) is 3.13. The Bertz CT molecular complexity index is 750. The second-order valence-corrected chi connectivity index (χ2v) is 6.46. The van der Waals surface area contributed by atoms with Gasteiger partial charge in [0.15, 0.2) is 0 Å². The fraction of sp³-hybridized carbons (Fsp3) is 0.471. The molecular weight excluding hydrogens is 325 g/mol. The highest BCUT2D eigenvalue weighted by molar-refractivity contribution is 5.86. The van der Waals surface area contributed by atoms with E-state index >= 15 is 0 Å². The van der Waals surface area contributed by atoms with Crippen molar-refractivity contribution in [2.24, 2.45) is 7.05 Å². The van der Waals surface area contributed by atoms with Crippen LogP contribution in [0, 0.1) is 0 Å². The van der Waals surface area contributed by atoms with Crippen LogP contribution >= 0.6 is 0 Å². The van der Waals surface area contributed by atoms with Gasteiger partial charge in [0, 0.05) is 57.5 Å². The highest BCUT2D eigenvalue weighted by Gasteiger charge is 2.33. The van der Waals surface area contributed by atoms with Crippen molar-refractivity contribution in [2.45, 2.75) is 25.2 Å². The molecule has 0 bridgehead atoms. The lowest BCUT2D eigenvalue weighted by Crippen LogP contribution is -2.39. The number of aromatic carboxylic acids is 1. The Morgan fingerprint density at radius 2 is 2.24 bits per heavy atom. The summed E-state index contributed by atoms with van der Waals surface area (Å²) in [7, 11) is 3.81. The normalized spacial score (nSPS) is 20.8. The molecule has 0 aromatic carbocycles. The molecule has 0 saturated carbocycles. The number of hydrogen-bond acceptors (Lipinski definition) is 5. The molecule has 7 nitrogen and oxygen atoms in total. The van der Waals surface area contributed by atoms with Gasteiger partial charge in [-0.05, 0) is 18.6 Å². The predicted octanol–water partition coefficient (Wildman–Crippen LogP) is 1.56. The molecule has 1 saturated heterocycles. The number of pyridine rings is 1. The van der Waals surface area contributed by atoms with Gasteiger partial charge < -0.3 is 14.6 Å². The summed E-state index contributed by atoms with van der Waals surface area (Å²) in [6.07, 6.45) is 4.71. The molecule has 3 heterocycles. The summed E-state index contributed by atoms with van der Waals surface area (Å²) in [4.78, 5) is 23.3. The predicted molar refractivity (Wildman–Crippen MR) is 91.4 cm³/mol. The summed E-state index contributed by atoms with van der Waals surface area (Å²) < 4.78 is 15.9. The third-order valence-corrected chi connectivity index (χ3v) is 4.63. The average molecular weight is 347 g/mol. The molecule has 0 aliphatic carbocycles. The molecule has 2 aromatic rings. The van der Waals surface area contributed by atoms with Crippen LogP contribution in [0.25, 0.3) is 0 Å². The molecule has 1 aliphatic rings. The van der Waals surface area contributed by atoms with Gasteiger partial charge in [-0.25, -0.2) is 19.2 Å². The maximum Gasteiger partial charge on any atom is 0.354 e. The summed E-state index contributed by atoms with van der Waals surface area (Å²) in [5, 5.41) is 9.07. The molecule has 25 heavy (non-hydrogen) atoms. The van der Waals surface area contributed by atoms with Gasteiger partial charge in [-0.15, -0.1) is 0 Å². The highest BCUT2D eigenvalue weighted by atomic mass is 19.1. The van der Waals surface area contributed by atoms with Gasteiger partial charge in [-0.2, -0.15) is 0 Å². The third kappa shape index (κ3) is 3.96. The molecule has 0 amide bonds. The number of imidazole rings is 1. The Balaban J connectivity index is 1.70. The van der Waals surface area contributed by atoms with Crippen LogP contribution in [-0.2, 0) is 13.6 Å². The first-order valence-electron chi connectivity index (χ1n) is 8.19. The van der Waals surface area contributed by atoms with E-state index in [9.17, 15) is 9.18 Å². The van der Waals surface area contributed by atoms with Crippen molar-refractivity contribution in [2.75, 3.05) is 25.0 Å². The zero-order valence-corrected chi connectivity index (χ0v) is 14.3. The zero-order chi connectivity index (χ0) is 18.0. The van der Waals surface area contributed by atoms with Crippen molar-refractivity contribution >= 4 is 11.7 Å². The maximum absolute atomic E-state index is 14.0. The number of rotatable bonds is 6. The minimum atomic E-state index is -1.06. The van der Waals surface area contributed by atoms with E-state index in [1.165, 1.54) is 12.3 Å². The van der Waals surface area contributed by atoms with Crippen LogP contribution in [0.1, 0.15) is 22.7 Å². The Morgan fingerprint density at radius 3 is 2.92 bits per heavy atom. The molecule has 2 atom stereocenters. The summed E-state index contributed by atoms with van der Waals surface area (Å²) in [6, 6.07) is 3.34. The number of likely N-dealkylation sites (tertiary alicyclic amines) is 1. The zero-order valence-electron chi connectivity index (χ0n) is 14.3. The molecule has 0 spiro atoms. The number of carboxylic acid groups (broad SMARTS) is 1. The van der Waals surface area contributed by atoms with Crippen LogP contribution < -0.4 is 4.90 Å². The smallest absolute Gasteiger partial charge is 0.354 e. The number of hydrogen-bond donors (Lipinski definition) is 1.